The summed E-state index contributed by atoms with van der Waals surface area (Å²) in [4.78, 5) is 0. The number of ether oxygens (including phenoxy) is 13. The van der Waals surface area contributed by atoms with E-state index in [-0.39, 0.29) is 0 Å². The van der Waals surface area contributed by atoms with E-state index in [2.05, 4.69) is 0 Å². The van der Waals surface area contributed by atoms with Gasteiger partial charge in [-0.2, -0.15) is 0 Å². The Labute approximate surface area is 430 Å². The Morgan fingerprint density at radius 1 is 0.263 bits per heavy atom. The molecule has 34 heteroatoms. The molecule has 0 amide bonds. The fourth-order valence-electron chi connectivity index (χ4n) is 9.80. The van der Waals surface area contributed by atoms with Crippen molar-refractivity contribution >= 4 is 0 Å². The van der Waals surface area contributed by atoms with E-state index >= 15 is 0 Å². The zero-order valence-corrected chi connectivity index (χ0v) is 40.4. The van der Waals surface area contributed by atoms with Crippen LogP contribution in [-0.2, 0) is 61.6 Å². The summed E-state index contributed by atoms with van der Waals surface area (Å²) in [7, 11) is 0. The first-order valence-electron chi connectivity index (χ1n) is 24.4. The van der Waals surface area contributed by atoms with Gasteiger partial charge in [0.05, 0.1) is 45.2 Å². The lowest BCUT2D eigenvalue weighted by Gasteiger charge is -2.49. The number of hydrogen-bond donors (Lipinski definition) is 21. The maximum absolute atomic E-state index is 11.3. The Kier molecular flexibility index (Phi) is 21.5. The lowest BCUT2D eigenvalue weighted by Crippen LogP contribution is -2.67. The Morgan fingerprint density at radius 2 is 0.605 bits per heavy atom. The van der Waals surface area contributed by atoms with Crippen molar-refractivity contribution in [1.82, 2.24) is 0 Å². The molecule has 0 spiro atoms. The van der Waals surface area contributed by atoms with Crippen LogP contribution in [0.1, 0.15) is 13.8 Å². The molecule has 7 saturated heterocycles. The average molecular weight is 1120 g/mol. The molecule has 0 aromatic carbocycles. The summed E-state index contributed by atoms with van der Waals surface area (Å²) in [6.45, 7) is -1.83. The van der Waals surface area contributed by atoms with Crippen LogP contribution in [-0.4, -0.2) is 355 Å². The van der Waals surface area contributed by atoms with Crippen molar-refractivity contribution in [2.75, 3.05) is 33.0 Å². The van der Waals surface area contributed by atoms with Crippen LogP contribution in [0.5, 0.6) is 0 Å². The summed E-state index contributed by atoms with van der Waals surface area (Å²) in [6.07, 6.45) is -63.9. The molecule has 0 radical (unpaired) electrons. The summed E-state index contributed by atoms with van der Waals surface area (Å²) in [6, 6.07) is 0. The van der Waals surface area contributed by atoms with Crippen molar-refractivity contribution in [2.24, 2.45) is 0 Å². The van der Waals surface area contributed by atoms with Crippen LogP contribution >= 0.6 is 0 Å². The van der Waals surface area contributed by atoms with Crippen molar-refractivity contribution in [3.8, 4) is 0 Å². The largest absolute Gasteiger partial charge is 0.394 e. The Balaban J connectivity index is 0.954. The maximum atomic E-state index is 11.3. The number of aliphatic hydroxyl groups is 21. The van der Waals surface area contributed by atoms with Gasteiger partial charge in [-0.15, -0.1) is 0 Å². The number of hydrogen-bond acceptors (Lipinski definition) is 34. The minimum atomic E-state index is -2.20. The maximum Gasteiger partial charge on any atom is 0.187 e. The molecule has 7 aliphatic heterocycles. The van der Waals surface area contributed by atoms with Gasteiger partial charge in [-0.3, -0.25) is 0 Å². The third-order valence-corrected chi connectivity index (χ3v) is 14.4. The summed E-state index contributed by atoms with van der Waals surface area (Å²) >= 11 is 0. The molecule has 35 atom stereocenters. The minimum absolute atomic E-state index is 0.793. The van der Waals surface area contributed by atoms with Crippen LogP contribution in [0.15, 0.2) is 0 Å². The molecule has 0 aromatic rings. The van der Waals surface area contributed by atoms with Gasteiger partial charge in [-0.05, 0) is 13.8 Å². The van der Waals surface area contributed by atoms with Gasteiger partial charge in [0.15, 0.2) is 44.0 Å². The Morgan fingerprint density at radius 3 is 1.03 bits per heavy atom. The smallest absolute Gasteiger partial charge is 0.187 e. The molecule has 76 heavy (non-hydrogen) atoms. The Bertz CT molecular complexity index is 1780. The van der Waals surface area contributed by atoms with Crippen LogP contribution in [0, 0.1) is 0 Å². The van der Waals surface area contributed by atoms with Crippen LogP contribution in [0.4, 0.5) is 0 Å². The van der Waals surface area contributed by atoms with Crippen molar-refractivity contribution in [3.63, 3.8) is 0 Å². The van der Waals surface area contributed by atoms with Gasteiger partial charge in [-0.1, -0.05) is 0 Å². The highest BCUT2D eigenvalue weighted by Crippen LogP contribution is 2.37. The second-order valence-corrected chi connectivity index (χ2v) is 19.6. The highest BCUT2D eigenvalue weighted by molar-refractivity contribution is 5.00. The quantitative estimate of drug-likeness (QED) is 0.0643. The SMILES string of the molecule is C[C@@H]1O[C@@H](OC[C@H]2O[C@@H](O[C@H]3[C@H](O)[C@H](O)[C@H](O[C@@H]4[C@H](O)[C@@H](O)[C@H](O[C@@H]5[C@H](O)[C@@H](O[C@@H]6O[C@H](CO)[C@@H](O)[C@H](O)[C@H]6O)[C@H](C)O[C@H]5O)O[C@@H]4CO)O[C@@H]3CO)[C@H](O)[C@@H](O)[C@H]2O)[C@@H](O)[C@H](O[C@@H]2O[C@H](CO)[C@@H](O)[C@H](O)[C@H]2O)[C@@H]1O. The normalized spacial score (nSPS) is 54.6. The molecule has 34 nitrogen and oxygen atoms in total. The van der Waals surface area contributed by atoms with Crippen molar-refractivity contribution in [3.05, 3.63) is 0 Å². The molecule has 7 fully saturated rings. The molecule has 0 aliphatic carbocycles. The summed E-state index contributed by atoms with van der Waals surface area (Å²) < 4.78 is 72.5. The molecule has 21 N–H and O–H groups in total. The van der Waals surface area contributed by atoms with Crippen LogP contribution in [0.25, 0.3) is 0 Å². The van der Waals surface area contributed by atoms with Gasteiger partial charge < -0.3 is 169 Å². The summed E-state index contributed by atoms with van der Waals surface area (Å²) in [5.74, 6) is 0. The molecule has 444 valence electrons. The fraction of sp³-hybridized carbons (Fsp3) is 1.00. The Hall–Kier alpha value is -1.36. The fourth-order valence-corrected chi connectivity index (χ4v) is 9.80. The van der Waals surface area contributed by atoms with E-state index in [1.807, 2.05) is 0 Å². The van der Waals surface area contributed by atoms with E-state index in [1.54, 1.807) is 0 Å². The predicted octanol–water partition coefficient (Wildman–Crippen LogP) is -14.2. The zero-order valence-electron chi connectivity index (χ0n) is 40.4. The number of aliphatic hydroxyl groups excluding tert-OH is 21. The first-order chi connectivity index (χ1) is 35.9. The first kappa shape index (κ1) is 62.2. The second-order valence-electron chi connectivity index (χ2n) is 19.6. The highest BCUT2D eigenvalue weighted by Gasteiger charge is 2.57. The van der Waals surface area contributed by atoms with E-state index in [1.165, 1.54) is 13.8 Å². The van der Waals surface area contributed by atoms with Gasteiger partial charge in [0, 0.05) is 0 Å². The predicted molar refractivity (Wildman–Crippen MR) is 229 cm³/mol. The van der Waals surface area contributed by atoms with Crippen molar-refractivity contribution < 1.29 is 169 Å². The van der Waals surface area contributed by atoms with E-state index in [9.17, 15) is 107 Å². The standard InChI is InChI=1S/C42H72O34/c1-8-15(47)34(75-39-25(57)20(52)17(49)11(4-44)68-39)30(62)37(66-8)64-7-14-18(50)21(53)26(58)40(71-14)73-32-12(5-45)69-41(27(59)22(32)54)74-33-13(6-46)70-42(28(60)23(33)55)76-35-29(61)31(9(2)65-36(35)63)72-38-24(56)19(51)16(48)10(3-43)67-38/h8-63H,3-7H2,1-2H3/t8-,9-,10+,11+,12+,13+,14+,15+,16+,17+,18-,19-,20-,21-,22+,23+,24+,25+,26+,27-,28+,29+,30-,31-,32+,33-,34+,35+,36+,37+,38-,39-,40-,41-,42-/m0/s1. The molecule has 0 unspecified atom stereocenters. The van der Waals surface area contributed by atoms with Crippen molar-refractivity contribution in [1.29, 1.82) is 0 Å². The average Bonchev–Trinajstić information content (AvgIpc) is 3.40. The third-order valence-electron chi connectivity index (χ3n) is 14.4. The molecule has 0 bridgehead atoms. The zero-order chi connectivity index (χ0) is 55.9. The van der Waals surface area contributed by atoms with Crippen molar-refractivity contribution in [2.45, 2.75) is 229 Å². The van der Waals surface area contributed by atoms with Gasteiger partial charge >= 0.3 is 0 Å². The van der Waals surface area contributed by atoms with Crippen LogP contribution < -0.4 is 0 Å². The molecule has 0 aromatic heterocycles. The van der Waals surface area contributed by atoms with Gasteiger partial charge in [0.1, 0.15) is 159 Å². The van der Waals surface area contributed by atoms with Crippen LogP contribution in [0.2, 0.25) is 0 Å². The monoisotopic (exact) mass is 1120 g/mol. The van der Waals surface area contributed by atoms with E-state index in [0.29, 0.717) is 0 Å². The third kappa shape index (κ3) is 12.7. The molecular weight excluding hydrogens is 1050 g/mol. The first-order valence-corrected chi connectivity index (χ1v) is 24.4. The van der Waals surface area contributed by atoms with E-state index < -0.39 is 248 Å². The summed E-state index contributed by atoms with van der Waals surface area (Å²) in [5.41, 5.74) is 0. The second kappa shape index (κ2) is 26.3. The lowest BCUT2D eigenvalue weighted by atomic mass is 9.95. The highest BCUT2D eigenvalue weighted by atomic mass is 16.8. The van der Waals surface area contributed by atoms with Gasteiger partial charge in [0.2, 0.25) is 0 Å². The van der Waals surface area contributed by atoms with E-state index in [4.69, 9.17) is 61.6 Å². The molecule has 0 saturated carbocycles. The number of rotatable bonds is 17. The van der Waals surface area contributed by atoms with Gasteiger partial charge in [-0.25, -0.2) is 0 Å². The lowest BCUT2D eigenvalue weighted by molar-refractivity contribution is -0.395. The van der Waals surface area contributed by atoms with Gasteiger partial charge in [0.25, 0.3) is 0 Å². The molecule has 7 heterocycles. The van der Waals surface area contributed by atoms with E-state index in [0.717, 1.165) is 0 Å². The molecular formula is C42H72O34. The minimum Gasteiger partial charge on any atom is -0.394 e. The topological polar surface area (TPSA) is 545 Å². The van der Waals surface area contributed by atoms with Crippen LogP contribution in [0.3, 0.4) is 0 Å². The summed E-state index contributed by atoms with van der Waals surface area (Å²) in [5, 5.41) is 223. The molecule has 7 aliphatic rings. The molecule has 7 rings (SSSR count).